The van der Waals surface area contributed by atoms with E-state index in [9.17, 15) is 4.79 Å². The number of nitrogens with one attached hydrogen (secondary N) is 1. The van der Waals surface area contributed by atoms with Gasteiger partial charge < -0.3 is 30.4 Å². The first kappa shape index (κ1) is 25.4. The van der Waals surface area contributed by atoms with Gasteiger partial charge in [-0.2, -0.15) is 13.3 Å². The minimum absolute atomic E-state index is 0. The Kier molecular flexibility index (Phi) is 13.8. The standard InChI is InChI=1S/C8H13N2O.C7H14N2.C2H3O.2W/c11-6-9-8-5-10-3-1-7(8)2-4-10;8-7-5-9-3-1-6(7)2-4-9;1-2-3;;/h7-8H,1-5H2,(H,9,11);6-7H,1-5,8H2;1H3;;/q-1;;-1;;. The predicted octanol–water partition coefficient (Wildman–Crippen LogP) is -0.112. The van der Waals surface area contributed by atoms with Gasteiger partial charge in [0.05, 0.1) is 0 Å². The maximum absolute atomic E-state index is 10.1. The van der Waals surface area contributed by atoms with E-state index in [1.165, 1.54) is 65.1 Å². The summed E-state index contributed by atoms with van der Waals surface area (Å²) in [6, 6.07) is 0.877. The van der Waals surface area contributed by atoms with Gasteiger partial charge in [0.15, 0.2) is 0 Å². The molecule has 6 fully saturated rings. The predicted molar refractivity (Wildman–Crippen MR) is 90.3 cm³/mol. The fourth-order valence-corrected chi connectivity index (χ4v) is 4.22. The van der Waals surface area contributed by atoms with Crippen LogP contribution in [-0.4, -0.2) is 73.8 Å². The molecule has 6 aliphatic rings. The zero-order valence-electron chi connectivity index (χ0n) is 15.0. The van der Waals surface area contributed by atoms with E-state index >= 15 is 0 Å². The van der Waals surface area contributed by atoms with Crippen LogP contribution in [0, 0.1) is 11.8 Å². The van der Waals surface area contributed by atoms with Gasteiger partial charge in [0.2, 0.25) is 0 Å². The van der Waals surface area contributed by atoms with Gasteiger partial charge in [-0.15, -0.1) is 0 Å². The van der Waals surface area contributed by atoms with Crippen LogP contribution in [0.4, 0.5) is 0 Å². The van der Waals surface area contributed by atoms with Crippen molar-refractivity contribution in [2.75, 3.05) is 39.3 Å². The number of hydrogen-bond donors (Lipinski definition) is 2. The van der Waals surface area contributed by atoms with Crippen molar-refractivity contribution >= 4 is 12.7 Å². The second kappa shape index (κ2) is 13.5. The van der Waals surface area contributed by atoms with Crippen molar-refractivity contribution in [2.24, 2.45) is 17.6 Å². The molecule has 0 spiro atoms. The Balaban J connectivity index is 0.000000378. The largest absolute Gasteiger partial charge is 0.542 e. The van der Waals surface area contributed by atoms with Gasteiger partial charge >= 0.3 is 0 Å². The first-order valence-corrected chi connectivity index (χ1v) is 8.79. The monoisotopic (exact) mass is 690 g/mol. The van der Waals surface area contributed by atoms with E-state index in [1.54, 1.807) is 6.41 Å². The molecule has 0 aromatic carbocycles. The average Bonchev–Trinajstić information content (AvgIpc) is 2.58. The van der Waals surface area contributed by atoms with Gasteiger partial charge in [-0.05, 0) is 63.7 Å². The van der Waals surface area contributed by atoms with Crippen LogP contribution < -0.4 is 11.1 Å². The summed E-state index contributed by atoms with van der Waals surface area (Å²) in [6.07, 6.45) is 8.49. The molecule has 0 aliphatic carbocycles. The van der Waals surface area contributed by atoms with Crippen molar-refractivity contribution < 1.29 is 51.7 Å². The molecule has 0 saturated carbocycles. The summed E-state index contributed by atoms with van der Waals surface area (Å²) in [7, 11) is 0. The van der Waals surface area contributed by atoms with Crippen molar-refractivity contribution in [2.45, 2.75) is 44.7 Å². The van der Waals surface area contributed by atoms with E-state index in [1.807, 2.05) is 0 Å². The van der Waals surface area contributed by atoms with Gasteiger partial charge in [0, 0.05) is 67.3 Å². The third-order valence-electron chi connectivity index (χ3n) is 5.61. The molecule has 6 rings (SSSR count). The maximum Gasteiger partial charge on any atom is 0.0197 e. The number of fused-ring (bicyclic) bond motifs is 6. The van der Waals surface area contributed by atoms with Gasteiger partial charge in [-0.1, -0.05) is 0 Å². The topological polar surface area (TPSA) is 78.7 Å². The summed E-state index contributed by atoms with van der Waals surface area (Å²) in [5.74, 6) is 1.58. The number of rotatable bonds is 2. The first-order chi connectivity index (χ1) is 11.2. The number of carbonyl (C=O) groups excluding carboxylic acids is 2. The van der Waals surface area contributed by atoms with Gasteiger partial charge in [-0.3, -0.25) is 6.29 Å². The van der Waals surface area contributed by atoms with Crippen LogP contribution in [0.1, 0.15) is 32.6 Å². The van der Waals surface area contributed by atoms with Crippen LogP contribution in [0.3, 0.4) is 0 Å². The zero-order chi connectivity index (χ0) is 16.7. The van der Waals surface area contributed by atoms with Crippen molar-refractivity contribution in [3.05, 3.63) is 0 Å². The van der Waals surface area contributed by atoms with Crippen molar-refractivity contribution in [1.29, 1.82) is 0 Å². The molecule has 8 heteroatoms. The van der Waals surface area contributed by atoms with Crippen LogP contribution in [0.2, 0.25) is 0 Å². The summed E-state index contributed by atoms with van der Waals surface area (Å²) in [6.45, 7) is 8.57. The summed E-state index contributed by atoms with van der Waals surface area (Å²) in [4.78, 5) is 23.7. The van der Waals surface area contributed by atoms with Crippen LogP contribution in [0.15, 0.2) is 0 Å². The Morgan fingerprint density at radius 2 is 1.32 bits per heavy atom. The molecule has 3 N–H and O–H groups in total. The summed E-state index contributed by atoms with van der Waals surface area (Å²) >= 11 is 0. The van der Waals surface area contributed by atoms with Crippen molar-refractivity contribution in [3.8, 4) is 0 Å². The van der Waals surface area contributed by atoms with Gasteiger partial charge in [0.25, 0.3) is 0 Å². The molecule has 4 bridgehead atoms. The Hall–Kier alpha value is 0.397. The molecule has 0 aromatic rings. The molecule has 25 heavy (non-hydrogen) atoms. The average molecular weight is 690 g/mol. The molecule has 2 unspecified atom stereocenters. The quantitative estimate of drug-likeness (QED) is 0.313. The number of hydrogen-bond acceptors (Lipinski definition) is 5. The molecule has 6 nitrogen and oxygen atoms in total. The maximum atomic E-state index is 10.1. The number of nitrogens with zero attached hydrogens (tertiary/aromatic N) is 2. The van der Waals surface area contributed by atoms with Crippen LogP contribution in [-0.2, 0) is 51.7 Å². The SMILES string of the molecule is C[C-]=O.NC1CN2CCC1CC2.O=[C-]NC1CN2CCC1CC2.[W].[W]. The fraction of sp³-hybridized carbons (Fsp3) is 0.882. The van der Waals surface area contributed by atoms with E-state index in [0.717, 1.165) is 24.9 Å². The molecule has 1 amide bonds. The second-order valence-corrected chi connectivity index (χ2v) is 7.00. The van der Waals surface area contributed by atoms with Crippen LogP contribution in [0.25, 0.3) is 0 Å². The van der Waals surface area contributed by atoms with E-state index in [0.29, 0.717) is 12.1 Å². The Morgan fingerprint density at radius 1 is 0.880 bits per heavy atom. The second-order valence-electron chi connectivity index (χ2n) is 7.00. The molecule has 6 aliphatic heterocycles. The molecule has 144 valence electrons. The molecular formula is C17H30N4O2W2-2. The van der Waals surface area contributed by atoms with E-state index in [2.05, 4.69) is 15.1 Å². The van der Waals surface area contributed by atoms with E-state index < -0.39 is 0 Å². The zero-order valence-corrected chi connectivity index (χ0v) is 20.9. The van der Waals surface area contributed by atoms with E-state index in [4.69, 9.17) is 10.5 Å². The van der Waals surface area contributed by atoms with Gasteiger partial charge in [-0.25, -0.2) is 0 Å². The van der Waals surface area contributed by atoms with Crippen LogP contribution >= 0.6 is 0 Å². The number of nitrogens with two attached hydrogens (primary N) is 1. The van der Waals surface area contributed by atoms with Crippen LogP contribution in [0.5, 0.6) is 0 Å². The van der Waals surface area contributed by atoms with Crippen molar-refractivity contribution in [3.63, 3.8) is 0 Å². The fourth-order valence-electron chi connectivity index (χ4n) is 4.22. The summed E-state index contributed by atoms with van der Waals surface area (Å²) in [5, 5.41) is 2.77. The molecule has 0 radical (unpaired) electrons. The third kappa shape index (κ3) is 7.88. The smallest absolute Gasteiger partial charge is 0.0197 e. The normalized spacial score (nSPS) is 36.9. The molecule has 6 saturated heterocycles. The Labute approximate surface area is 180 Å². The minimum Gasteiger partial charge on any atom is -0.542 e. The minimum atomic E-state index is 0. The molecule has 0 aromatic heterocycles. The molecule has 6 heterocycles. The number of piperidine rings is 6. The van der Waals surface area contributed by atoms with Gasteiger partial charge in [0.1, 0.15) is 0 Å². The van der Waals surface area contributed by atoms with E-state index in [-0.39, 0.29) is 42.1 Å². The summed E-state index contributed by atoms with van der Waals surface area (Å²) in [5.41, 5.74) is 5.88. The first-order valence-electron chi connectivity index (χ1n) is 8.79. The molecular weight excluding hydrogens is 660 g/mol. The third-order valence-corrected chi connectivity index (χ3v) is 5.61. The van der Waals surface area contributed by atoms with Crippen molar-refractivity contribution in [1.82, 2.24) is 15.1 Å². The Morgan fingerprint density at radius 3 is 1.56 bits per heavy atom. The Bertz CT molecular complexity index is 374. The summed E-state index contributed by atoms with van der Waals surface area (Å²) < 4.78 is 0. The molecule has 2 atom stereocenters. The number of amides is 1.